The number of carbonyl (C=O) groups is 2. The lowest BCUT2D eigenvalue weighted by molar-refractivity contribution is -0.135. The van der Waals surface area contributed by atoms with Gasteiger partial charge in [0.2, 0.25) is 0 Å². The number of carbonyl (C=O) groups excluding carboxylic acids is 2. The van der Waals surface area contributed by atoms with Crippen LogP contribution in [0.3, 0.4) is 0 Å². The molecular formula is C14H15F2N3O3. The molecule has 22 heavy (non-hydrogen) atoms. The number of hydrogen-bond donors (Lipinski definition) is 2. The second-order valence-corrected chi connectivity index (χ2v) is 5.62. The summed E-state index contributed by atoms with van der Waals surface area (Å²) >= 11 is 0. The molecular weight excluding hydrogens is 296 g/mol. The number of aliphatic hydroxyl groups is 1. The maximum absolute atomic E-state index is 13.1. The van der Waals surface area contributed by atoms with Crippen molar-refractivity contribution in [3.05, 3.63) is 29.8 Å². The van der Waals surface area contributed by atoms with Crippen molar-refractivity contribution in [1.29, 1.82) is 0 Å². The molecule has 2 heterocycles. The fourth-order valence-corrected chi connectivity index (χ4v) is 3.08. The van der Waals surface area contributed by atoms with Gasteiger partial charge in [0, 0.05) is 37.8 Å². The highest BCUT2D eigenvalue weighted by atomic mass is 19.1. The second-order valence-electron chi connectivity index (χ2n) is 5.62. The molecule has 118 valence electrons. The summed E-state index contributed by atoms with van der Waals surface area (Å²) in [5.41, 5.74) is 0.0181. The highest BCUT2D eigenvalue weighted by molar-refractivity contribution is 5.90. The van der Waals surface area contributed by atoms with Crippen molar-refractivity contribution in [1.82, 2.24) is 9.80 Å². The zero-order valence-electron chi connectivity index (χ0n) is 11.8. The van der Waals surface area contributed by atoms with Gasteiger partial charge in [0.1, 0.15) is 17.7 Å². The van der Waals surface area contributed by atoms with Crippen LogP contribution in [0.5, 0.6) is 0 Å². The molecule has 2 aliphatic heterocycles. The van der Waals surface area contributed by atoms with Crippen LogP contribution in [0.1, 0.15) is 0 Å². The molecule has 2 saturated heterocycles. The number of nitrogens with zero attached hydrogens (tertiary/aromatic N) is 2. The van der Waals surface area contributed by atoms with Crippen LogP contribution in [0, 0.1) is 17.6 Å². The SMILES string of the molecule is CN1C(=O)[C@@H](O)[C@H]2CN(C(=O)Nc3cc(F)cc(F)c3)C[C@H]21. The lowest BCUT2D eigenvalue weighted by Crippen LogP contribution is -2.40. The van der Waals surface area contributed by atoms with Crippen LogP contribution in [-0.2, 0) is 4.79 Å². The molecule has 3 rings (SSSR count). The Hall–Kier alpha value is -2.22. The number of aliphatic hydroxyl groups excluding tert-OH is 1. The first-order chi connectivity index (χ1) is 10.4. The molecule has 8 heteroatoms. The summed E-state index contributed by atoms with van der Waals surface area (Å²) in [6, 6.07) is 1.99. The highest BCUT2D eigenvalue weighted by Crippen LogP contribution is 2.31. The van der Waals surface area contributed by atoms with Crippen LogP contribution >= 0.6 is 0 Å². The van der Waals surface area contributed by atoms with Gasteiger partial charge in [0.15, 0.2) is 0 Å². The van der Waals surface area contributed by atoms with Crippen LogP contribution in [-0.4, -0.2) is 59.1 Å². The highest BCUT2D eigenvalue weighted by Gasteiger charge is 2.51. The maximum atomic E-state index is 13.1. The quantitative estimate of drug-likeness (QED) is 0.799. The first-order valence-corrected chi connectivity index (χ1v) is 6.83. The minimum absolute atomic E-state index is 0.0181. The predicted octanol–water partition coefficient (Wildman–Crippen LogP) is 0.630. The van der Waals surface area contributed by atoms with Gasteiger partial charge in [-0.05, 0) is 12.1 Å². The standard InChI is InChI=1S/C14H15F2N3O3/c1-18-11-6-19(5-10(11)12(20)13(18)21)14(22)17-9-3-7(15)2-8(16)4-9/h2-4,10-12,20H,5-6H2,1H3,(H,17,22)/t10-,11+,12-/m0/s1. The molecule has 6 nitrogen and oxygen atoms in total. The smallest absolute Gasteiger partial charge is 0.321 e. The van der Waals surface area contributed by atoms with E-state index in [2.05, 4.69) is 5.32 Å². The van der Waals surface area contributed by atoms with E-state index in [9.17, 15) is 23.5 Å². The number of amides is 3. The van der Waals surface area contributed by atoms with Gasteiger partial charge in [-0.1, -0.05) is 0 Å². The summed E-state index contributed by atoms with van der Waals surface area (Å²) in [5, 5.41) is 12.3. The molecule has 3 amide bonds. The average Bonchev–Trinajstić information content (AvgIpc) is 2.95. The van der Waals surface area contributed by atoms with Gasteiger partial charge < -0.3 is 20.2 Å². The Kier molecular flexibility index (Phi) is 3.48. The monoisotopic (exact) mass is 311 g/mol. The van der Waals surface area contributed by atoms with Crippen LogP contribution in [0.4, 0.5) is 19.3 Å². The largest absolute Gasteiger partial charge is 0.383 e. The van der Waals surface area contributed by atoms with Gasteiger partial charge in [-0.15, -0.1) is 0 Å². The van der Waals surface area contributed by atoms with E-state index in [4.69, 9.17) is 0 Å². The molecule has 0 saturated carbocycles. The van der Waals surface area contributed by atoms with Crippen molar-refractivity contribution < 1.29 is 23.5 Å². The predicted molar refractivity (Wildman–Crippen MR) is 73.0 cm³/mol. The van der Waals surface area contributed by atoms with Crippen molar-refractivity contribution in [2.75, 3.05) is 25.5 Å². The van der Waals surface area contributed by atoms with Crippen LogP contribution in [0.25, 0.3) is 0 Å². The zero-order chi connectivity index (χ0) is 16.0. The Morgan fingerprint density at radius 1 is 1.27 bits per heavy atom. The fraction of sp³-hybridized carbons (Fsp3) is 0.429. The van der Waals surface area contributed by atoms with E-state index >= 15 is 0 Å². The van der Waals surface area contributed by atoms with Gasteiger partial charge in [-0.2, -0.15) is 0 Å². The minimum atomic E-state index is -1.11. The molecule has 1 aromatic carbocycles. The van der Waals surface area contributed by atoms with E-state index in [0.717, 1.165) is 12.1 Å². The number of urea groups is 1. The van der Waals surface area contributed by atoms with E-state index in [1.165, 1.54) is 9.80 Å². The van der Waals surface area contributed by atoms with Crippen molar-refractivity contribution in [3.8, 4) is 0 Å². The van der Waals surface area contributed by atoms with Gasteiger partial charge in [0.25, 0.3) is 5.91 Å². The Balaban J connectivity index is 1.69. The molecule has 0 aromatic heterocycles. The van der Waals surface area contributed by atoms with Crippen molar-refractivity contribution in [3.63, 3.8) is 0 Å². The van der Waals surface area contributed by atoms with E-state index in [1.54, 1.807) is 7.05 Å². The lowest BCUT2D eigenvalue weighted by Gasteiger charge is -2.21. The normalized spacial score (nSPS) is 27.3. The molecule has 0 aliphatic carbocycles. The second kappa shape index (κ2) is 5.20. The lowest BCUT2D eigenvalue weighted by atomic mass is 10.0. The topological polar surface area (TPSA) is 72.9 Å². The van der Waals surface area contributed by atoms with E-state index in [-0.39, 0.29) is 36.6 Å². The number of fused-ring (bicyclic) bond motifs is 1. The van der Waals surface area contributed by atoms with E-state index in [0.29, 0.717) is 6.07 Å². The maximum Gasteiger partial charge on any atom is 0.321 e. The minimum Gasteiger partial charge on any atom is -0.383 e. The Labute approximate surface area is 125 Å². The van der Waals surface area contributed by atoms with Gasteiger partial charge in [-0.25, -0.2) is 13.6 Å². The van der Waals surface area contributed by atoms with Gasteiger partial charge in [0.05, 0.1) is 6.04 Å². The molecule has 1 aromatic rings. The number of likely N-dealkylation sites (N-methyl/N-ethyl adjacent to an activating group) is 1. The summed E-state index contributed by atoms with van der Waals surface area (Å²) < 4.78 is 26.2. The van der Waals surface area contributed by atoms with Crippen molar-refractivity contribution in [2.24, 2.45) is 5.92 Å². The Bertz CT molecular complexity index is 600. The van der Waals surface area contributed by atoms with Gasteiger partial charge in [-0.3, -0.25) is 4.79 Å². The molecule has 0 unspecified atom stereocenters. The molecule has 0 bridgehead atoms. The first kappa shape index (κ1) is 14.7. The Morgan fingerprint density at radius 2 is 1.91 bits per heavy atom. The number of nitrogens with one attached hydrogen (secondary N) is 1. The van der Waals surface area contributed by atoms with Crippen molar-refractivity contribution in [2.45, 2.75) is 12.1 Å². The van der Waals surface area contributed by atoms with Crippen molar-refractivity contribution >= 4 is 17.6 Å². The van der Waals surface area contributed by atoms with Gasteiger partial charge >= 0.3 is 6.03 Å². The summed E-state index contributed by atoms with van der Waals surface area (Å²) in [6.45, 7) is 0.485. The third-order valence-electron chi connectivity index (χ3n) is 4.24. The number of halogens is 2. The number of likely N-dealkylation sites (tertiary alicyclic amines) is 2. The van der Waals surface area contributed by atoms with Crippen LogP contribution < -0.4 is 5.32 Å². The van der Waals surface area contributed by atoms with E-state index < -0.39 is 23.8 Å². The summed E-state index contributed by atoms with van der Waals surface area (Å²) in [4.78, 5) is 26.6. The molecule has 3 atom stereocenters. The molecule has 2 aliphatic rings. The number of anilines is 1. The third kappa shape index (κ3) is 2.39. The first-order valence-electron chi connectivity index (χ1n) is 6.83. The zero-order valence-corrected chi connectivity index (χ0v) is 11.8. The number of hydrogen-bond acceptors (Lipinski definition) is 3. The molecule has 0 spiro atoms. The summed E-state index contributed by atoms with van der Waals surface area (Å²) in [5.74, 6) is -2.25. The summed E-state index contributed by atoms with van der Waals surface area (Å²) in [7, 11) is 1.58. The average molecular weight is 311 g/mol. The molecule has 0 radical (unpaired) electrons. The fourth-order valence-electron chi connectivity index (χ4n) is 3.08. The number of rotatable bonds is 1. The molecule has 2 N–H and O–H groups in total. The summed E-state index contributed by atoms with van der Waals surface area (Å²) in [6.07, 6.45) is -1.11. The third-order valence-corrected chi connectivity index (χ3v) is 4.24. The number of benzene rings is 1. The van der Waals surface area contributed by atoms with E-state index in [1.807, 2.05) is 0 Å². The molecule has 2 fully saturated rings. The Morgan fingerprint density at radius 3 is 2.50 bits per heavy atom. The van der Waals surface area contributed by atoms with Crippen LogP contribution in [0.2, 0.25) is 0 Å². The van der Waals surface area contributed by atoms with Crippen LogP contribution in [0.15, 0.2) is 18.2 Å².